The molecule has 2 aromatic carbocycles. The number of hydrogen-bond acceptors (Lipinski definition) is 14. The van der Waals surface area contributed by atoms with Crippen molar-refractivity contribution < 1.29 is 72.3 Å². The van der Waals surface area contributed by atoms with Crippen molar-refractivity contribution >= 4 is 51.3 Å². The molecule has 6 aromatic heterocycles. The van der Waals surface area contributed by atoms with Gasteiger partial charge in [0.2, 0.25) is 29.5 Å². The minimum atomic E-state index is -4.45. The summed E-state index contributed by atoms with van der Waals surface area (Å²) in [7, 11) is 2.09. The minimum absolute atomic E-state index is 0.0752. The van der Waals surface area contributed by atoms with Crippen molar-refractivity contribution in [2.75, 3.05) is 85.1 Å². The lowest BCUT2D eigenvalue weighted by Gasteiger charge is -2.42. The Labute approximate surface area is 849 Å². The van der Waals surface area contributed by atoms with E-state index in [2.05, 4.69) is 122 Å². The Morgan fingerprint density at radius 3 is 1.27 bits per heavy atom. The molecule has 13 atom stereocenters. The van der Waals surface area contributed by atoms with E-state index >= 15 is 0 Å². The zero-order chi connectivity index (χ0) is 101. The molecule has 16 aliphatic rings. The molecule has 786 valence electrons. The van der Waals surface area contributed by atoms with Gasteiger partial charge in [0.05, 0.1) is 44.4 Å². The summed E-state index contributed by atoms with van der Waals surface area (Å²) in [4.78, 5) is 107. The smallest absolute Gasteiger partial charge is 0.361 e. The van der Waals surface area contributed by atoms with Gasteiger partial charge in [-0.05, 0) is 313 Å². The van der Waals surface area contributed by atoms with Crippen LogP contribution in [0.25, 0.3) is 21.8 Å². The van der Waals surface area contributed by atoms with E-state index < -0.39 is 46.6 Å². The second-order valence-electron chi connectivity index (χ2n) is 46.2. The fourth-order valence-corrected chi connectivity index (χ4v) is 30.6. The molecule has 32 heteroatoms. The van der Waals surface area contributed by atoms with Crippen molar-refractivity contribution in [1.29, 1.82) is 0 Å². The molecule has 4 saturated heterocycles. The fraction of sp³-hybridized carbons (Fsp3) is 0.640. The molecular weight excluding hydrogens is 1880 g/mol. The van der Waals surface area contributed by atoms with Crippen LogP contribution in [0, 0.1) is 45.3 Å². The molecule has 8 aliphatic carbocycles. The molecule has 8 aromatic rings. The topological polar surface area (TPSA) is 208 Å². The number of carbonyl (C=O) groups excluding carboxylic acids is 5. The minimum Gasteiger partial charge on any atom is -0.361 e. The molecule has 5 amide bonds. The van der Waals surface area contributed by atoms with Crippen LogP contribution in [0.15, 0.2) is 110 Å². The third-order valence-corrected chi connectivity index (χ3v) is 37.9. The number of nitrogens with zero attached hydrogens (tertiary/aromatic N) is 13. The van der Waals surface area contributed by atoms with E-state index in [1.165, 1.54) is 97.0 Å². The summed E-state index contributed by atoms with van der Waals surface area (Å²) in [6.45, 7) is 13.3. The van der Waals surface area contributed by atoms with E-state index in [1.54, 1.807) is 15.9 Å². The van der Waals surface area contributed by atoms with Gasteiger partial charge in [0.15, 0.2) is 0 Å². The number of hydrogen-bond donors (Lipinski definition) is 3. The average Bonchev–Trinajstić information content (AvgIpc) is 1.59. The number of piperidine rings is 3. The van der Waals surface area contributed by atoms with Gasteiger partial charge in [0, 0.05) is 223 Å². The summed E-state index contributed by atoms with van der Waals surface area (Å²) in [5, 5.41) is 10.1. The van der Waals surface area contributed by atoms with Crippen LogP contribution >= 0.6 is 0 Å². The number of aromatic nitrogens is 6. The highest BCUT2D eigenvalue weighted by atomic mass is 19.4. The Bertz CT molecular complexity index is 6080. The van der Waals surface area contributed by atoms with Crippen LogP contribution in [0.4, 0.5) is 48.3 Å². The third-order valence-electron chi connectivity index (χ3n) is 37.9. The monoisotopic (exact) mass is 2030 g/mol. The van der Waals surface area contributed by atoms with Gasteiger partial charge < -0.3 is 54.5 Å². The number of likely N-dealkylation sites (tertiary alicyclic amines) is 4. The van der Waals surface area contributed by atoms with Crippen molar-refractivity contribution in [3.8, 4) is 0 Å². The predicted octanol–water partition coefficient (Wildman–Crippen LogP) is 19.9. The van der Waals surface area contributed by atoms with Gasteiger partial charge in [-0.25, -0.2) is 8.78 Å². The summed E-state index contributed by atoms with van der Waals surface area (Å²) in [5.41, 5.74) is 6.56. The third kappa shape index (κ3) is 20.6. The molecule has 8 saturated carbocycles. The first-order valence-corrected chi connectivity index (χ1v) is 54.9. The fourth-order valence-electron chi connectivity index (χ4n) is 30.6. The highest BCUT2D eigenvalue weighted by molar-refractivity contribution is 5.88. The van der Waals surface area contributed by atoms with Crippen molar-refractivity contribution in [1.82, 2.24) is 79.3 Å². The molecule has 24 rings (SSSR count). The van der Waals surface area contributed by atoms with Crippen LogP contribution in [0.5, 0.6) is 0 Å². The van der Waals surface area contributed by atoms with Crippen LogP contribution in [-0.4, -0.2) is 220 Å². The van der Waals surface area contributed by atoms with Gasteiger partial charge in [-0.1, -0.05) is 68.5 Å². The molecule has 0 bridgehead atoms. The van der Waals surface area contributed by atoms with Crippen molar-refractivity contribution in [3.63, 3.8) is 0 Å². The summed E-state index contributed by atoms with van der Waals surface area (Å²) >= 11 is 0. The highest BCUT2D eigenvalue weighted by Gasteiger charge is 2.62. The summed E-state index contributed by atoms with van der Waals surface area (Å²) < 4.78 is 149. The lowest BCUT2D eigenvalue weighted by Crippen LogP contribution is -2.55. The van der Waals surface area contributed by atoms with Crippen LogP contribution in [0.2, 0.25) is 0 Å². The Morgan fingerprint density at radius 2 is 0.795 bits per heavy atom. The molecule has 21 nitrogen and oxygen atoms in total. The molecule has 12 fully saturated rings. The Kier molecular flexibility index (Phi) is 29.2. The highest BCUT2D eigenvalue weighted by Crippen LogP contribution is 2.61. The van der Waals surface area contributed by atoms with Gasteiger partial charge in [-0.2, -0.15) is 39.5 Å². The van der Waals surface area contributed by atoms with E-state index in [9.17, 15) is 72.3 Å². The number of fused-ring (bicyclic) bond motifs is 10. The van der Waals surface area contributed by atoms with E-state index in [0.717, 1.165) is 268 Å². The summed E-state index contributed by atoms with van der Waals surface area (Å²) in [5.74, 6) is -0.536. The van der Waals surface area contributed by atoms with Crippen LogP contribution in [-0.2, 0) is 120 Å². The van der Waals surface area contributed by atoms with E-state index in [4.69, 9.17) is 0 Å². The van der Waals surface area contributed by atoms with Gasteiger partial charge >= 0.3 is 18.5 Å². The second kappa shape index (κ2) is 41.7. The first kappa shape index (κ1) is 102. The van der Waals surface area contributed by atoms with Gasteiger partial charge in [-0.15, -0.1) is 0 Å². The average molecular weight is 2030 g/mol. The number of benzene rings is 2. The number of nitrogens with one attached hydrogen (secondary N) is 3. The van der Waals surface area contributed by atoms with Crippen molar-refractivity contribution in [2.45, 2.75) is 325 Å². The number of amides is 5. The van der Waals surface area contributed by atoms with Gasteiger partial charge in [-0.3, -0.25) is 48.8 Å². The van der Waals surface area contributed by atoms with Crippen molar-refractivity contribution in [3.05, 3.63) is 188 Å². The lowest BCUT2D eigenvalue weighted by molar-refractivity contribution is -0.145. The number of halogens is 11. The Morgan fingerprint density at radius 1 is 0.397 bits per heavy atom. The van der Waals surface area contributed by atoms with Crippen molar-refractivity contribution in [2.24, 2.45) is 52.4 Å². The van der Waals surface area contributed by atoms with Crippen LogP contribution < -0.4 is 10.6 Å². The molecule has 13 unspecified atom stereocenters. The number of pyridine rings is 4. The maximum atomic E-state index is 14.2. The number of para-hydroxylation sites is 2. The largest absolute Gasteiger partial charge is 0.417 e. The number of rotatable bonds is 17. The zero-order valence-corrected chi connectivity index (χ0v) is 84.7. The number of aromatic amines is 1. The molecule has 14 heterocycles. The normalized spacial score (nSPS) is 29.0. The second-order valence-corrected chi connectivity index (χ2v) is 46.2. The lowest BCUT2D eigenvalue weighted by atomic mass is 9.78. The predicted molar refractivity (Wildman–Crippen MR) is 534 cm³/mol. The molecule has 146 heavy (non-hydrogen) atoms. The van der Waals surface area contributed by atoms with Crippen LogP contribution in [0.1, 0.15) is 278 Å². The molecule has 8 aliphatic heterocycles. The SMILES string of the molecule is Cn1cc(CCNC2CC3CCCC3(C(=O)N3CCc4ncc(C(C)(F)F)cc4C3)C2)c2ccccc21.O=C(C1CCCCN1C1CC2CCCC2(C(=O)N2CCc3ncc(C(F)(F)F)cc3C2)C1)N1CCCCC1.O=C(N1CCc2ncc(C(F)(F)F)cc2C1)C12CCCC1CC(N1CCC(N3CCCC3)CC1)C2.O=C(N1CCc2ncc(C(F)(F)F)cc2C1)C12CCCC1CC(NCCc1c[nH]c3ccccc13)C2. The van der Waals surface area contributed by atoms with E-state index in [0.29, 0.717) is 128 Å². The van der Waals surface area contributed by atoms with E-state index in [-0.39, 0.29) is 89.0 Å². The summed E-state index contributed by atoms with van der Waals surface area (Å²) in [6, 6.07) is 23.9. The van der Waals surface area contributed by atoms with Gasteiger partial charge in [0.1, 0.15) is 0 Å². The maximum absolute atomic E-state index is 14.2. The molecular formula is C114H143F11N16O5. The molecule has 3 N–H and O–H groups in total. The Balaban J connectivity index is 0.000000114. The summed E-state index contributed by atoms with van der Waals surface area (Å²) in [6.07, 6.45) is 30.2. The number of H-pyrrole nitrogens is 1. The van der Waals surface area contributed by atoms with Crippen LogP contribution in [0.3, 0.4) is 0 Å². The zero-order valence-electron chi connectivity index (χ0n) is 84.7. The maximum Gasteiger partial charge on any atom is 0.417 e. The number of carbonyl (C=O) groups is 5. The Hall–Kier alpha value is -9.50. The molecule has 0 radical (unpaired) electrons. The first-order valence-electron chi connectivity index (χ1n) is 54.9. The number of aryl methyl sites for hydroxylation is 1. The van der Waals surface area contributed by atoms with E-state index in [1.807, 2.05) is 15.9 Å². The number of alkyl halides is 11. The quantitative estimate of drug-likeness (QED) is 0.0725. The first-order chi connectivity index (χ1) is 70.2. The standard InChI is InChI=1S/C30H36F2N4O.C29H39F3N4O2.C28H31F3N4O.C27H37F3N4O/c1-29(31,32)23-14-21-19-36(13-10-26(21)34-17-23)28(37)30-11-5-6-22(30)15-24(16-30)33-12-9-20-18-35(2)27-8-4-3-7-25(20)27;30-29(31,32)22-15-20-19-35(14-9-24(20)33-18-22)27(38)28-10-6-7-21(28)16-23(17-28)36-13-5-2-8-25(36)26(37)34-11-3-1-4-12-34;29-28(30,31)21-12-19-17-35(11-8-24(19)34-16-21)26(36)27-9-3-4-20(27)13-22(14-27)32-10-7-18-15-33-25-6-2-1-5-23(18)25;28-27(29,30)21-14-19-18-34(13-7-24(19)31-17-21)25(35)26-8-3-4-20(26)15-23(16-26)33-11-5-22(6-12-33)32-9-1-2-10-32/h3-4,7-8,14,17-18,22,24,33H,5-6,9-13,15-16,19H2,1-2H3;15,18,21,23,25H,1-14,16-17,19H2;1-2,5-6,12,15-16,20,22,32-33H,3-4,7-11,13-14,17H2;14,17,20,22-23H,1-13,15-16,18H2. The molecule has 0 spiro atoms. The van der Waals surface area contributed by atoms with Gasteiger partial charge in [0.25, 0.3) is 5.92 Å².